The molecule has 2 atom stereocenters. The van der Waals surface area contributed by atoms with E-state index in [4.69, 9.17) is 0 Å². The number of hydrogen-bond acceptors (Lipinski definition) is 3. The summed E-state index contributed by atoms with van der Waals surface area (Å²) in [6.45, 7) is 2.20. The molecule has 1 aromatic carbocycles. The summed E-state index contributed by atoms with van der Waals surface area (Å²) in [7, 11) is 0. The largest absolute Gasteiger partial charge is 0.372 e. The first kappa shape index (κ1) is 13.8. The zero-order chi connectivity index (χ0) is 15.1. The smallest absolute Gasteiger partial charge is 0.237 e. The summed E-state index contributed by atoms with van der Waals surface area (Å²) < 4.78 is 0. The van der Waals surface area contributed by atoms with Gasteiger partial charge in [0.15, 0.2) is 0 Å². The molecule has 0 N–H and O–H groups in total. The Bertz CT molecular complexity index is 566. The van der Waals surface area contributed by atoms with Crippen LogP contribution in [0.4, 0.5) is 11.4 Å². The van der Waals surface area contributed by atoms with Crippen molar-refractivity contribution >= 4 is 23.2 Å². The first-order valence-corrected chi connectivity index (χ1v) is 8.48. The van der Waals surface area contributed by atoms with Gasteiger partial charge in [0.05, 0.1) is 17.5 Å². The Kier molecular flexibility index (Phi) is 3.40. The zero-order valence-corrected chi connectivity index (χ0v) is 12.8. The number of fused-ring (bicyclic) bond motifs is 1. The van der Waals surface area contributed by atoms with Crippen LogP contribution in [0.1, 0.15) is 38.5 Å². The van der Waals surface area contributed by atoms with Gasteiger partial charge in [-0.05, 0) is 49.9 Å². The number of anilines is 2. The molecule has 1 aliphatic carbocycles. The normalized spacial score (nSPS) is 28.4. The molecule has 0 bridgehead atoms. The predicted octanol–water partition coefficient (Wildman–Crippen LogP) is 2.97. The number of carbonyl (C=O) groups is 2. The van der Waals surface area contributed by atoms with E-state index in [9.17, 15) is 9.59 Å². The lowest BCUT2D eigenvalue weighted by Crippen LogP contribution is -2.30. The summed E-state index contributed by atoms with van der Waals surface area (Å²) in [5.41, 5.74) is 1.94. The quantitative estimate of drug-likeness (QED) is 0.788. The molecule has 3 aliphatic rings. The Balaban J connectivity index is 1.58. The van der Waals surface area contributed by atoms with Crippen LogP contribution in [-0.4, -0.2) is 24.9 Å². The van der Waals surface area contributed by atoms with Gasteiger partial charge >= 0.3 is 0 Å². The van der Waals surface area contributed by atoms with Crippen molar-refractivity contribution in [2.45, 2.75) is 38.5 Å². The van der Waals surface area contributed by atoms with Crippen LogP contribution in [0.25, 0.3) is 0 Å². The van der Waals surface area contributed by atoms with Crippen molar-refractivity contribution < 1.29 is 9.59 Å². The molecule has 2 saturated heterocycles. The number of imide groups is 1. The van der Waals surface area contributed by atoms with Crippen LogP contribution in [0.3, 0.4) is 0 Å². The van der Waals surface area contributed by atoms with E-state index >= 15 is 0 Å². The molecule has 2 aliphatic heterocycles. The second-order valence-corrected chi connectivity index (χ2v) is 6.72. The minimum absolute atomic E-state index is 0.0172. The first-order valence-electron chi connectivity index (χ1n) is 8.48. The first-order chi connectivity index (χ1) is 10.8. The number of rotatable bonds is 2. The lowest BCUT2D eigenvalue weighted by atomic mass is 9.81. The molecule has 0 aromatic heterocycles. The van der Waals surface area contributed by atoms with Gasteiger partial charge in [-0.3, -0.25) is 14.5 Å². The average molecular weight is 298 g/mol. The van der Waals surface area contributed by atoms with Crippen LogP contribution < -0.4 is 9.80 Å². The third-order valence-electron chi connectivity index (χ3n) is 5.42. The standard InChI is InChI=1S/C18H22N2O2/c21-17-15-5-1-2-6-16(15)18(22)20(17)14-9-7-13(8-10-14)19-11-3-4-12-19/h7-10,15-16H,1-6,11-12H2. The fraction of sp³-hybridized carbons (Fsp3) is 0.556. The number of benzene rings is 1. The van der Waals surface area contributed by atoms with E-state index in [0.717, 1.165) is 44.5 Å². The van der Waals surface area contributed by atoms with Crippen LogP contribution in [0, 0.1) is 11.8 Å². The maximum Gasteiger partial charge on any atom is 0.237 e. The summed E-state index contributed by atoms with van der Waals surface area (Å²) in [5, 5.41) is 0. The van der Waals surface area contributed by atoms with Crippen molar-refractivity contribution in [3.63, 3.8) is 0 Å². The molecular weight excluding hydrogens is 276 g/mol. The van der Waals surface area contributed by atoms with E-state index in [2.05, 4.69) is 4.90 Å². The molecule has 1 aromatic rings. The molecule has 2 heterocycles. The van der Waals surface area contributed by atoms with Crippen molar-refractivity contribution in [3.8, 4) is 0 Å². The fourth-order valence-electron chi connectivity index (χ4n) is 4.20. The van der Waals surface area contributed by atoms with Gasteiger partial charge in [0.1, 0.15) is 0 Å². The highest BCUT2D eigenvalue weighted by Crippen LogP contribution is 2.40. The zero-order valence-electron chi connectivity index (χ0n) is 12.8. The molecular formula is C18H22N2O2. The van der Waals surface area contributed by atoms with Gasteiger partial charge in [-0.1, -0.05) is 12.8 Å². The summed E-state index contributed by atoms with van der Waals surface area (Å²) >= 11 is 0. The van der Waals surface area contributed by atoms with Gasteiger partial charge in [-0.2, -0.15) is 0 Å². The van der Waals surface area contributed by atoms with Crippen molar-refractivity contribution in [3.05, 3.63) is 24.3 Å². The maximum absolute atomic E-state index is 12.6. The second-order valence-electron chi connectivity index (χ2n) is 6.72. The van der Waals surface area contributed by atoms with Gasteiger partial charge in [-0.15, -0.1) is 0 Å². The highest BCUT2D eigenvalue weighted by molar-refractivity contribution is 6.22. The van der Waals surface area contributed by atoms with Crippen molar-refractivity contribution in [1.29, 1.82) is 0 Å². The monoisotopic (exact) mass is 298 g/mol. The maximum atomic E-state index is 12.6. The SMILES string of the molecule is O=C1C2CCCCC2C(=O)N1c1ccc(N2CCCC2)cc1. The minimum atomic E-state index is -0.0699. The van der Waals surface area contributed by atoms with Gasteiger partial charge in [0, 0.05) is 18.8 Å². The van der Waals surface area contributed by atoms with Crippen molar-refractivity contribution in [1.82, 2.24) is 0 Å². The number of carbonyl (C=O) groups excluding carboxylic acids is 2. The fourth-order valence-corrected chi connectivity index (χ4v) is 4.20. The van der Waals surface area contributed by atoms with E-state index in [1.54, 1.807) is 0 Å². The van der Waals surface area contributed by atoms with E-state index in [0.29, 0.717) is 0 Å². The molecule has 2 amide bonds. The molecule has 2 unspecified atom stereocenters. The molecule has 1 saturated carbocycles. The molecule has 3 fully saturated rings. The second kappa shape index (κ2) is 5.41. The van der Waals surface area contributed by atoms with E-state index in [-0.39, 0.29) is 23.7 Å². The summed E-state index contributed by atoms with van der Waals surface area (Å²) in [5.74, 6) is -0.105. The number of amides is 2. The van der Waals surface area contributed by atoms with Crippen molar-refractivity contribution in [2.24, 2.45) is 11.8 Å². The highest BCUT2D eigenvalue weighted by Gasteiger charge is 2.48. The van der Waals surface area contributed by atoms with Crippen LogP contribution >= 0.6 is 0 Å². The van der Waals surface area contributed by atoms with Gasteiger partial charge in [-0.25, -0.2) is 0 Å². The lowest BCUT2D eigenvalue weighted by Gasteiger charge is -2.20. The van der Waals surface area contributed by atoms with Crippen LogP contribution in [-0.2, 0) is 9.59 Å². The number of nitrogens with zero attached hydrogens (tertiary/aromatic N) is 2. The Morgan fingerprint density at radius 2 is 1.23 bits per heavy atom. The van der Waals surface area contributed by atoms with Gasteiger partial charge < -0.3 is 4.90 Å². The average Bonchev–Trinajstić information content (AvgIpc) is 3.17. The molecule has 4 heteroatoms. The Morgan fingerprint density at radius 1 is 0.727 bits per heavy atom. The Morgan fingerprint density at radius 3 is 1.77 bits per heavy atom. The summed E-state index contributed by atoms with van der Waals surface area (Å²) in [6, 6.07) is 7.95. The molecule has 0 radical (unpaired) electrons. The molecule has 4 rings (SSSR count). The van der Waals surface area contributed by atoms with Gasteiger partial charge in [0.25, 0.3) is 0 Å². The van der Waals surface area contributed by atoms with Gasteiger partial charge in [0.2, 0.25) is 11.8 Å². The van der Waals surface area contributed by atoms with Crippen LogP contribution in [0.15, 0.2) is 24.3 Å². The number of hydrogen-bond donors (Lipinski definition) is 0. The molecule has 0 spiro atoms. The minimum Gasteiger partial charge on any atom is -0.372 e. The third-order valence-corrected chi connectivity index (χ3v) is 5.42. The molecule has 22 heavy (non-hydrogen) atoms. The topological polar surface area (TPSA) is 40.6 Å². The lowest BCUT2D eigenvalue weighted by molar-refractivity contribution is -0.122. The van der Waals surface area contributed by atoms with E-state index < -0.39 is 0 Å². The van der Waals surface area contributed by atoms with Crippen LogP contribution in [0.5, 0.6) is 0 Å². The molecule has 4 nitrogen and oxygen atoms in total. The highest BCUT2D eigenvalue weighted by atomic mass is 16.2. The Labute approximate surface area is 131 Å². The van der Waals surface area contributed by atoms with Crippen LogP contribution in [0.2, 0.25) is 0 Å². The van der Waals surface area contributed by atoms with Crippen molar-refractivity contribution in [2.75, 3.05) is 22.9 Å². The summed E-state index contributed by atoms with van der Waals surface area (Å²) in [4.78, 5) is 29.0. The molecule has 116 valence electrons. The predicted molar refractivity (Wildman–Crippen MR) is 85.8 cm³/mol. The Hall–Kier alpha value is -1.84. The third kappa shape index (κ3) is 2.13. The van der Waals surface area contributed by atoms with E-state index in [1.165, 1.54) is 23.4 Å². The van der Waals surface area contributed by atoms with E-state index in [1.807, 2.05) is 24.3 Å². The summed E-state index contributed by atoms with van der Waals surface area (Å²) in [6.07, 6.45) is 6.38.